The number of alkyl halides is 2. The van der Waals surface area contributed by atoms with E-state index >= 15 is 0 Å². The first kappa shape index (κ1) is 22.3. The minimum atomic E-state index is -2.72. The molecule has 3 aromatic heterocycles. The predicted molar refractivity (Wildman–Crippen MR) is 115 cm³/mol. The van der Waals surface area contributed by atoms with Crippen LogP contribution in [0.4, 0.5) is 8.78 Å². The molecule has 0 bridgehead atoms. The van der Waals surface area contributed by atoms with Gasteiger partial charge in [0, 0.05) is 63.1 Å². The molecular formula is C23H26F2N4O3. The molecule has 0 aliphatic carbocycles. The number of ketones is 1. The van der Waals surface area contributed by atoms with Crippen molar-refractivity contribution < 1.29 is 23.0 Å². The zero-order chi connectivity index (χ0) is 22.7. The molecule has 0 spiro atoms. The minimum absolute atomic E-state index is 0.00724. The van der Waals surface area contributed by atoms with Gasteiger partial charge in [0.05, 0.1) is 18.9 Å². The molecular weight excluding hydrogens is 418 g/mol. The number of nitrogens with zero attached hydrogens (tertiary/aromatic N) is 4. The van der Waals surface area contributed by atoms with Crippen molar-refractivity contribution in [2.75, 3.05) is 40.0 Å². The van der Waals surface area contributed by atoms with Gasteiger partial charge in [0.25, 0.3) is 6.43 Å². The topological polar surface area (TPSA) is 69.0 Å². The fourth-order valence-corrected chi connectivity index (χ4v) is 3.85. The summed E-state index contributed by atoms with van der Waals surface area (Å²) >= 11 is 0. The van der Waals surface area contributed by atoms with Crippen molar-refractivity contribution in [3.8, 4) is 5.75 Å². The maximum Gasteiger partial charge on any atom is 0.280 e. The van der Waals surface area contributed by atoms with Gasteiger partial charge < -0.3 is 13.9 Å². The summed E-state index contributed by atoms with van der Waals surface area (Å²) in [4.78, 5) is 23.6. The van der Waals surface area contributed by atoms with Gasteiger partial charge in [0.2, 0.25) is 0 Å². The highest BCUT2D eigenvalue weighted by atomic mass is 19.3. The Morgan fingerprint density at radius 2 is 2.06 bits per heavy atom. The van der Waals surface area contributed by atoms with Gasteiger partial charge in [-0.05, 0) is 19.1 Å². The van der Waals surface area contributed by atoms with Crippen LogP contribution >= 0.6 is 0 Å². The lowest BCUT2D eigenvalue weighted by molar-refractivity contribution is 0.0931. The fourth-order valence-electron chi connectivity index (χ4n) is 3.85. The summed E-state index contributed by atoms with van der Waals surface area (Å²) in [5.41, 5.74) is 2.01. The second-order valence-electron chi connectivity index (χ2n) is 7.82. The Hall–Kier alpha value is -2.91. The van der Waals surface area contributed by atoms with Crippen molar-refractivity contribution in [2.45, 2.75) is 25.7 Å². The molecule has 0 atom stereocenters. The van der Waals surface area contributed by atoms with Crippen LogP contribution in [0.25, 0.3) is 5.65 Å². The van der Waals surface area contributed by atoms with E-state index in [9.17, 15) is 13.6 Å². The quantitative estimate of drug-likeness (QED) is 0.446. The van der Waals surface area contributed by atoms with E-state index in [0.29, 0.717) is 30.4 Å². The van der Waals surface area contributed by atoms with Crippen molar-refractivity contribution in [1.82, 2.24) is 19.3 Å². The lowest BCUT2D eigenvalue weighted by atomic mass is 9.97. The lowest BCUT2D eigenvalue weighted by Crippen LogP contribution is -2.46. The van der Waals surface area contributed by atoms with Gasteiger partial charge in [-0.3, -0.25) is 9.69 Å². The Bertz CT molecular complexity index is 1100. The zero-order valence-electron chi connectivity index (χ0n) is 18.1. The van der Waals surface area contributed by atoms with Gasteiger partial charge in [-0.2, -0.15) is 0 Å². The molecule has 1 fully saturated rings. The van der Waals surface area contributed by atoms with Crippen LogP contribution in [0, 0.1) is 0 Å². The van der Waals surface area contributed by atoms with Gasteiger partial charge in [0.15, 0.2) is 5.78 Å². The van der Waals surface area contributed by atoms with Crippen LogP contribution in [0.2, 0.25) is 0 Å². The summed E-state index contributed by atoms with van der Waals surface area (Å²) in [5.74, 6) is 0.570. The summed E-state index contributed by atoms with van der Waals surface area (Å²) in [6, 6.07) is 5.91. The molecule has 9 heteroatoms. The fraction of sp³-hybridized carbons (Fsp3) is 0.435. The van der Waals surface area contributed by atoms with Crippen LogP contribution in [0.1, 0.15) is 46.7 Å². The van der Waals surface area contributed by atoms with Gasteiger partial charge in [0.1, 0.15) is 22.8 Å². The molecule has 0 amide bonds. The molecule has 0 unspecified atom stereocenters. The van der Waals surface area contributed by atoms with Gasteiger partial charge in [-0.25, -0.2) is 18.7 Å². The highest BCUT2D eigenvalue weighted by Gasteiger charge is 2.29. The predicted octanol–water partition coefficient (Wildman–Crippen LogP) is 3.54. The molecule has 0 N–H and O–H groups in total. The van der Waals surface area contributed by atoms with Crippen LogP contribution in [0.15, 0.2) is 36.7 Å². The normalized spacial score (nSPS) is 14.8. The molecule has 4 heterocycles. The van der Waals surface area contributed by atoms with Crippen LogP contribution in [0.3, 0.4) is 0 Å². The standard InChI is InChI=1S/C23H26F2N4O3/c1-3-32-21-10-22-27-19(16-11-28(12-16)7-8-31-2)14-29(22)13-15(21)9-20(30)17-5-4-6-18(26-17)23(24)25/h4-6,10,13-14,16,23H,3,7-9,11-12H2,1-2H3. The summed E-state index contributed by atoms with van der Waals surface area (Å²) in [6.07, 6.45) is 1.08. The molecule has 0 aromatic carbocycles. The van der Waals surface area contributed by atoms with Gasteiger partial charge >= 0.3 is 0 Å². The Balaban J connectivity index is 1.55. The summed E-state index contributed by atoms with van der Waals surface area (Å²) in [5, 5.41) is 0. The molecule has 1 aliphatic rings. The van der Waals surface area contributed by atoms with Crippen LogP contribution in [0.5, 0.6) is 5.75 Å². The number of aromatic nitrogens is 3. The first-order chi connectivity index (χ1) is 15.5. The molecule has 0 radical (unpaired) electrons. The molecule has 4 rings (SSSR count). The lowest BCUT2D eigenvalue weighted by Gasteiger charge is -2.38. The number of imidazole rings is 1. The number of hydrogen-bond donors (Lipinski definition) is 0. The third-order valence-electron chi connectivity index (χ3n) is 5.57. The number of pyridine rings is 2. The van der Waals surface area contributed by atoms with E-state index in [2.05, 4.69) is 9.88 Å². The third-order valence-corrected chi connectivity index (χ3v) is 5.57. The smallest absolute Gasteiger partial charge is 0.280 e. The van der Waals surface area contributed by atoms with E-state index < -0.39 is 12.1 Å². The first-order valence-electron chi connectivity index (χ1n) is 10.6. The number of rotatable bonds is 10. The molecule has 1 aliphatic heterocycles. The summed E-state index contributed by atoms with van der Waals surface area (Å²) < 4.78 is 38.7. The van der Waals surface area contributed by atoms with E-state index in [1.54, 1.807) is 7.11 Å². The van der Waals surface area contributed by atoms with Crippen molar-refractivity contribution >= 4 is 11.4 Å². The van der Waals surface area contributed by atoms with Crippen molar-refractivity contribution in [1.29, 1.82) is 0 Å². The number of likely N-dealkylation sites (tertiary alicyclic amines) is 1. The number of carbonyl (C=O) groups is 1. The van der Waals surface area contributed by atoms with E-state index in [-0.39, 0.29) is 17.9 Å². The SMILES string of the molecule is CCOc1cc2nc(C3CN(CCOC)C3)cn2cc1CC(=O)c1cccc(C(F)F)n1. The minimum Gasteiger partial charge on any atom is -0.493 e. The van der Waals surface area contributed by atoms with E-state index in [0.717, 1.165) is 31.0 Å². The van der Waals surface area contributed by atoms with Crippen molar-refractivity contribution in [2.24, 2.45) is 0 Å². The largest absolute Gasteiger partial charge is 0.493 e. The molecule has 1 saturated heterocycles. The summed E-state index contributed by atoms with van der Waals surface area (Å²) in [7, 11) is 1.70. The van der Waals surface area contributed by atoms with Crippen LogP contribution < -0.4 is 4.74 Å². The summed E-state index contributed by atoms with van der Waals surface area (Å²) in [6.45, 7) is 5.78. The second kappa shape index (κ2) is 9.70. The Morgan fingerprint density at radius 3 is 2.78 bits per heavy atom. The van der Waals surface area contributed by atoms with E-state index in [1.807, 2.05) is 29.8 Å². The molecule has 0 saturated carbocycles. The first-order valence-corrected chi connectivity index (χ1v) is 10.6. The Morgan fingerprint density at radius 1 is 1.25 bits per heavy atom. The Labute approximate surface area is 185 Å². The highest BCUT2D eigenvalue weighted by Crippen LogP contribution is 2.29. The van der Waals surface area contributed by atoms with Crippen molar-refractivity contribution in [3.63, 3.8) is 0 Å². The van der Waals surface area contributed by atoms with Crippen molar-refractivity contribution in [3.05, 3.63) is 59.3 Å². The average molecular weight is 444 g/mol. The maximum absolute atomic E-state index is 12.9. The van der Waals surface area contributed by atoms with E-state index in [1.165, 1.54) is 18.2 Å². The van der Waals surface area contributed by atoms with Crippen LogP contribution in [-0.4, -0.2) is 65.0 Å². The second-order valence-corrected chi connectivity index (χ2v) is 7.82. The number of ether oxygens (including phenoxy) is 2. The highest BCUT2D eigenvalue weighted by molar-refractivity contribution is 5.96. The number of halogens is 2. The molecule has 170 valence electrons. The van der Waals surface area contributed by atoms with Crippen LogP contribution in [-0.2, 0) is 11.2 Å². The Kier molecular flexibility index (Phi) is 6.76. The number of Topliss-reactive ketones (excluding diaryl/α,β-unsaturated/α-hetero) is 1. The van der Waals surface area contributed by atoms with E-state index in [4.69, 9.17) is 14.5 Å². The maximum atomic E-state index is 12.9. The monoisotopic (exact) mass is 444 g/mol. The number of fused-ring (bicyclic) bond motifs is 1. The average Bonchev–Trinajstić information content (AvgIpc) is 3.15. The number of methoxy groups -OCH3 is 1. The number of carbonyl (C=O) groups excluding carboxylic acids is 1. The van der Waals surface area contributed by atoms with Gasteiger partial charge in [-0.15, -0.1) is 0 Å². The number of hydrogen-bond acceptors (Lipinski definition) is 6. The molecule has 3 aromatic rings. The van der Waals surface area contributed by atoms with Gasteiger partial charge in [-0.1, -0.05) is 6.07 Å². The zero-order valence-corrected chi connectivity index (χ0v) is 18.1. The molecule has 32 heavy (non-hydrogen) atoms. The third kappa shape index (κ3) is 4.78. The molecule has 7 nitrogen and oxygen atoms in total.